The lowest BCUT2D eigenvalue weighted by molar-refractivity contribution is 0.867. The molecule has 6 nitrogen and oxygen atoms in total. The second-order valence-electron chi connectivity index (χ2n) is 4.79. The molecule has 6 heteroatoms. The maximum Gasteiger partial charge on any atom is 0.224 e. The standard InChI is InChI=1S/C14H16N6/c1-8-5-3-4-6-10(8)9(2)17-12-11-7-16-20-13(11)19-14(15)18-12/h3-7,9H,1-2H3,(H4,15,16,17,18,19,20)/t9-/m1/s1. The maximum absolute atomic E-state index is 5.72. The Morgan fingerprint density at radius 2 is 2.05 bits per heavy atom. The number of aromatic amines is 1. The molecule has 3 rings (SSSR count). The van der Waals surface area contributed by atoms with E-state index in [2.05, 4.69) is 51.5 Å². The van der Waals surface area contributed by atoms with Crippen molar-refractivity contribution in [3.8, 4) is 0 Å². The first kappa shape index (κ1) is 12.4. The third-order valence-electron chi connectivity index (χ3n) is 3.34. The fourth-order valence-electron chi connectivity index (χ4n) is 2.32. The number of fused-ring (bicyclic) bond motifs is 1. The summed E-state index contributed by atoms with van der Waals surface area (Å²) in [4.78, 5) is 8.37. The van der Waals surface area contributed by atoms with Gasteiger partial charge in [0.1, 0.15) is 5.82 Å². The first-order valence-electron chi connectivity index (χ1n) is 6.44. The zero-order chi connectivity index (χ0) is 14.1. The summed E-state index contributed by atoms with van der Waals surface area (Å²) in [6.07, 6.45) is 1.70. The van der Waals surface area contributed by atoms with Crippen molar-refractivity contribution in [3.05, 3.63) is 41.6 Å². The Bertz CT molecular complexity index is 748. The minimum atomic E-state index is 0.114. The van der Waals surface area contributed by atoms with E-state index in [9.17, 15) is 0 Å². The Morgan fingerprint density at radius 3 is 2.85 bits per heavy atom. The molecule has 0 radical (unpaired) electrons. The van der Waals surface area contributed by atoms with Crippen molar-refractivity contribution < 1.29 is 0 Å². The molecule has 1 atom stereocenters. The van der Waals surface area contributed by atoms with E-state index < -0.39 is 0 Å². The van der Waals surface area contributed by atoms with Crippen LogP contribution in [0.1, 0.15) is 24.1 Å². The predicted octanol–water partition coefficient (Wildman–Crippen LogP) is 2.42. The van der Waals surface area contributed by atoms with Crippen LogP contribution < -0.4 is 11.1 Å². The van der Waals surface area contributed by atoms with Crippen LogP contribution >= 0.6 is 0 Å². The molecule has 0 bridgehead atoms. The lowest BCUT2D eigenvalue weighted by Gasteiger charge is -2.17. The van der Waals surface area contributed by atoms with Gasteiger partial charge < -0.3 is 11.1 Å². The van der Waals surface area contributed by atoms with Crippen LogP contribution in [0.2, 0.25) is 0 Å². The first-order valence-corrected chi connectivity index (χ1v) is 6.44. The zero-order valence-corrected chi connectivity index (χ0v) is 11.4. The average molecular weight is 268 g/mol. The molecule has 0 fully saturated rings. The summed E-state index contributed by atoms with van der Waals surface area (Å²) in [5, 5.41) is 11.0. The number of nitrogen functional groups attached to an aromatic ring is 1. The van der Waals surface area contributed by atoms with Crippen LogP contribution in [0.3, 0.4) is 0 Å². The Balaban J connectivity index is 1.97. The summed E-state index contributed by atoms with van der Waals surface area (Å²) >= 11 is 0. The topological polar surface area (TPSA) is 92.5 Å². The van der Waals surface area contributed by atoms with E-state index >= 15 is 0 Å². The zero-order valence-electron chi connectivity index (χ0n) is 11.4. The second-order valence-corrected chi connectivity index (χ2v) is 4.79. The normalized spacial score (nSPS) is 12.5. The van der Waals surface area contributed by atoms with E-state index in [0.717, 1.165) is 5.39 Å². The summed E-state index contributed by atoms with van der Waals surface area (Å²) < 4.78 is 0. The highest BCUT2D eigenvalue weighted by molar-refractivity contribution is 5.86. The van der Waals surface area contributed by atoms with Gasteiger partial charge in [-0.2, -0.15) is 15.1 Å². The van der Waals surface area contributed by atoms with Gasteiger partial charge in [-0.25, -0.2) is 0 Å². The molecule has 20 heavy (non-hydrogen) atoms. The Labute approximate surface area is 116 Å². The molecule has 0 amide bonds. The number of aryl methyl sites for hydroxylation is 1. The SMILES string of the molecule is Cc1ccccc1[C@@H](C)Nc1nc(N)nc2[nH]ncc12. The molecule has 0 aliphatic carbocycles. The van der Waals surface area contributed by atoms with Gasteiger partial charge in [0, 0.05) is 0 Å². The summed E-state index contributed by atoms with van der Waals surface area (Å²) in [5.74, 6) is 0.915. The van der Waals surface area contributed by atoms with Crippen molar-refractivity contribution in [1.82, 2.24) is 20.2 Å². The van der Waals surface area contributed by atoms with Crippen LogP contribution in [0.5, 0.6) is 0 Å². The molecule has 0 aliphatic rings. The van der Waals surface area contributed by atoms with Gasteiger partial charge in [-0.05, 0) is 25.0 Å². The van der Waals surface area contributed by atoms with E-state index in [1.165, 1.54) is 11.1 Å². The molecule has 2 aromatic heterocycles. The number of hydrogen-bond donors (Lipinski definition) is 3. The number of hydrogen-bond acceptors (Lipinski definition) is 5. The van der Waals surface area contributed by atoms with Crippen molar-refractivity contribution in [3.63, 3.8) is 0 Å². The maximum atomic E-state index is 5.72. The number of anilines is 2. The number of aromatic nitrogens is 4. The van der Waals surface area contributed by atoms with Crippen molar-refractivity contribution in [2.75, 3.05) is 11.1 Å². The molecule has 3 aromatic rings. The van der Waals surface area contributed by atoms with Crippen LogP contribution in [-0.4, -0.2) is 20.2 Å². The van der Waals surface area contributed by atoms with Gasteiger partial charge in [0.2, 0.25) is 5.95 Å². The number of H-pyrrole nitrogens is 1. The molecule has 0 saturated heterocycles. The molecular weight excluding hydrogens is 252 g/mol. The molecule has 1 aromatic carbocycles. The van der Waals surface area contributed by atoms with E-state index in [-0.39, 0.29) is 12.0 Å². The van der Waals surface area contributed by atoms with Crippen molar-refractivity contribution in [2.24, 2.45) is 0 Å². The molecule has 102 valence electrons. The van der Waals surface area contributed by atoms with E-state index in [0.29, 0.717) is 11.5 Å². The second kappa shape index (κ2) is 4.80. The molecular formula is C14H16N6. The van der Waals surface area contributed by atoms with Gasteiger partial charge >= 0.3 is 0 Å². The molecule has 0 saturated carbocycles. The smallest absolute Gasteiger partial charge is 0.224 e. The summed E-state index contributed by atoms with van der Waals surface area (Å²) in [5.41, 5.74) is 8.81. The number of nitrogens with one attached hydrogen (secondary N) is 2. The average Bonchev–Trinajstić information content (AvgIpc) is 2.87. The Kier molecular flexibility index (Phi) is 2.98. The molecule has 2 heterocycles. The van der Waals surface area contributed by atoms with Crippen molar-refractivity contribution >= 4 is 22.8 Å². The summed E-state index contributed by atoms with van der Waals surface area (Å²) in [7, 11) is 0. The highest BCUT2D eigenvalue weighted by Gasteiger charge is 2.13. The van der Waals surface area contributed by atoms with Gasteiger partial charge in [0.25, 0.3) is 0 Å². The van der Waals surface area contributed by atoms with Crippen LogP contribution in [-0.2, 0) is 0 Å². The Morgan fingerprint density at radius 1 is 1.25 bits per heavy atom. The van der Waals surface area contributed by atoms with Crippen LogP contribution in [0.4, 0.5) is 11.8 Å². The number of nitrogens with two attached hydrogens (primary N) is 1. The third-order valence-corrected chi connectivity index (χ3v) is 3.34. The van der Waals surface area contributed by atoms with E-state index in [4.69, 9.17) is 5.73 Å². The van der Waals surface area contributed by atoms with Gasteiger partial charge in [0.15, 0.2) is 5.65 Å². The van der Waals surface area contributed by atoms with E-state index in [1.807, 2.05) is 12.1 Å². The number of rotatable bonds is 3. The minimum absolute atomic E-state index is 0.114. The molecule has 4 N–H and O–H groups in total. The molecule has 0 aliphatic heterocycles. The predicted molar refractivity (Wildman–Crippen MR) is 79.3 cm³/mol. The number of benzene rings is 1. The van der Waals surface area contributed by atoms with Crippen LogP contribution in [0, 0.1) is 6.92 Å². The lowest BCUT2D eigenvalue weighted by atomic mass is 10.0. The first-order chi connectivity index (χ1) is 9.65. The van der Waals surface area contributed by atoms with Gasteiger partial charge in [0.05, 0.1) is 17.6 Å². The monoisotopic (exact) mass is 268 g/mol. The highest BCUT2D eigenvalue weighted by atomic mass is 15.2. The fourth-order valence-corrected chi connectivity index (χ4v) is 2.32. The molecule has 0 spiro atoms. The largest absolute Gasteiger partial charge is 0.368 e. The van der Waals surface area contributed by atoms with Crippen LogP contribution in [0.15, 0.2) is 30.5 Å². The van der Waals surface area contributed by atoms with Crippen molar-refractivity contribution in [2.45, 2.75) is 19.9 Å². The summed E-state index contributed by atoms with van der Waals surface area (Å²) in [6, 6.07) is 8.37. The minimum Gasteiger partial charge on any atom is -0.368 e. The quantitative estimate of drug-likeness (QED) is 0.678. The Hall–Kier alpha value is -2.63. The third kappa shape index (κ3) is 2.16. The van der Waals surface area contributed by atoms with Gasteiger partial charge in [-0.1, -0.05) is 24.3 Å². The summed E-state index contributed by atoms with van der Waals surface area (Å²) in [6.45, 7) is 4.18. The van der Waals surface area contributed by atoms with E-state index in [1.54, 1.807) is 6.20 Å². The highest BCUT2D eigenvalue weighted by Crippen LogP contribution is 2.25. The number of nitrogens with zero attached hydrogens (tertiary/aromatic N) is 3. The molecule has 0 unspecified atom stereocenters. The van der Waals surface area contributed by atoms with Gasteiger partial charge in [-0.15, -0.1) is 0 Å². The lowest BCUT2D eigenvalue weighted by Crippen LogP contribution is -2.10. The van der Waals surface area contributed by atoms with Crippen LogP contribution in [0.25, 0.3) is 11.0 Å². The van der Waals surface area contributed by atoms with Crippen molar-refractivity contribution in [1.29, 1.82) is 0 Å². The van der Waals surface area contributed by atoms with Gasteiger partial charge in [-0.3, -0.25) is 5.10 Å². The fraction of sp³-hybridized carbons (Fsp3) is 0.214.